The smallest absolute Gasteiger partial charge is 0.255 e. The third kappa shape index (κ3) is 5.07. The summed E-state index contributed by atoms with van der Waals surface area (Å²) in [5.74, 6) is 1.67. The number of rotatable bonds is 5. The van der Waals surface area contributed by atoms with Crippen LogP contribution in [0.2, 0.25) is 0 Å². The fourth-order valence-corrected chi connectivity index (χ4v) is 3.08. The van der Waals surface area contributed by atoms with Crippen molar-refractivity contribution in [3.8, 4) is 11.4 Å². The number of aliphatic hydroxyl groups is 1. The Hall–Kier alpha value is -2.48. The Kier molecular flexibility index (Phi) is 5.98. The van der Waals surface area contributed by atoms with Gasteiger partial charge in [-0.1, -0.05) is 25.9 Å². The highest BCUT2D eigenvalue weighted by Crippen LogP contribution is 2.24. The zero-order valence-electron chi connectivity index (χ0n) is 17.1. The summed E-state index contributed by atoms with van der Waals surface area (Å²) >= 11 is 0. The van der Waals surface area contributed by atoms with Crippen LogP contribution in [0.4, 0.5) is 5.82 Å². The van der Waals surface area contributed by atoms with Gasteiger partial charge in [0.05, 0.1) is 0 Å². The molecule has 1 atom stereocenters. The van der Waals surface area contributed by atoms with E-state index in [1.807, 2.05) is 17.0 Å². The summed E-state index contributed by atoms with van der Waals surface area (Å²) < 4.78 is 5.06. The van der Waals surface area contributed by atoms with Crippen LogP contribution in [0.25, 0.3) is 11.4 Å². The summed E-state index contributed by atoms with van der Waals surface area (Å²) in [5, 5.41) is 13.5. The molecule has 28 heavy (non-hydrogen) atoms. The Labute approximate surface area is 165 Å². The number of amides is 1. The monoisotopic (exact) mass is 387 g/mol. The summed E-state index contributed by atoms with van der Waals surface area (Å²) in [6.07, 6.45) is 2.41. The van der Waals surface area contributed by atoms with E-state index in [9.17, 15) is 9.90 Å². The maximum atomic E-state index is 12.4. The van der Waals surface area contributed by atoms with E-state index >= 15 is 0 Å². The first kappa shape index (κ1) is 20.3. The molecule has 0 bridgehead atoms. The highest BCUT2D eigenvalue weighted by Gasteiger charge is 2.23. The highest BCUT2D eigenvalue weighted by atomic mass is 16.5. The minimum absolute atomic E-state index is 0.171. The Morgan fingerprint density at radius 1 is 1.29 bits per heavy atom. The number of aliphatic hydroxyl groups excluding tert-OH is 1. The van der Waals surface area contributed by atoms with Crippen LogP contribution in [0.5, 0.6) is 0 Å². The van der Waals surface area contributed by atoms with Gasteiger partial charge in [-0.2, -0.15) is 4.98 Å². The van der Waals surface area contributed by atoms with Crippen molar-refractivity contribution in [3.05, 3.63) is 24.2 Å². The van der Waals surface area contributed by atoms with Crippen LogP contribution in [0, 0.1) is 5.41 Å². The van der Waals surface area contributed by atoms with Crippen LogP contribution in [-0.2, 0) is 4.79 Å². The summed E-state index contributed by atoms with van der Waals surface area (Å²) in [4.78, 5) is 25.2. The zero-order valence-corrected chi connectivity index (χ0v) is 17.1. The fourth-order valence-electron chi connectivity index (χ4n) is 3.08. The van der Waals surface area contributed by atoms with Gasteiger partial charge in [-0.3, -0.25) is 4.79 Å². The number of aromatic nitrogens is 3. The van der Waals surface area contributed by atoms with Gasteiger partial charge in [0.15, 0.2) is 0 Å². The van der Waals surface area contributed by atoms with E-state index in [4.69, 9.17) is 4.52 Å². The first-order valence-corrected chi connectivity index (χ1v) is 9.74. The van der Waals surface area contributed by atoms with E-state index in [2.05, 4.69) is 40.8 Å². The first-order chi connectivity index (χ1) is 13.2. The molecule has 8 heteroatoms. The van der Waals surface area contributed by atoms with Crippen molar-refractivity contribution in [2.75, 3.05) is 31.1 Å². The molecular formula is C20H29N5O3. The topological polar surface area (TPSA) is 95.6 Å². The lowest BCUT2D eigenvalue weighted by Gasteiger charge is -2.36. The van der Waals surface area contributed by atoms with E-state index in [1.165, 1.54) is 0 Å². The van der Waals surface area contributed by atoms with Crippen molar-refractivity contribution in [2.45, 2.75) is 46.6 Å². The first-order valence-electron chi connectivity index (χ1n) is 9.74. The second kappa shape index (κ2) is 8.26. The van der Waals surface area contributed by atoms with Crippen LogP contribution < -0.4 is 4.90 Å². The van der Waals surface area contributed by atoms with Crippen LogP contribution in [0.15, 0.2) is 22.9 Å². The van der Waals surface area contributed by atoms with E-state index in [-0.39, 0.29) is 17.2 Å². The molecule has 8 nitrogen and oxygen atoms in total. The third-order valence-corrected chi connectivity index (χ3v) is 4.85. The number of pyridine rings is 1. The molecule has 1 fully saturated rings. The van der Waals surface area contributed by atoms with Crippen LogP contribution in [-0.4, -0.2) is 57.2 Å². The second-order valence-electron chi connectivity index (χ2n) is 8.46. The van der Waals surface area contributed by atoms with E-state index < -0.39 is 6.10 Å². The minimum atomic E-state index is -0.800. The number of piperazine rings is 1. The van der Waals surface area contributed by atoms with Crippen molar-refractivity contribution in [1.82, 2.24) is 20.0 Å². The SMILES string of the molecule is C[C@H](O)c1nc(-c2ccnc(N3CCN(C(=O)CCC(C)(C)C)CC3)c2)no1. The predicted molar refractivity (Wildman–Crippen MR) is 106 cm³/mol. The van der Waals surface area contributed by atoms with E-state index in [0.29, 0.717) is 25.3 Å². The zero-order chi connectivity index (χ0) is 20.3. The Balaban J connectivity index is 1.61. The summed E-state index contributed by atoms with van der Waals surface area (Å²) in [6.45, 7) is 10.9. The molecule has 1 saturated heterocycles. The molecule has 0 saturated carbocycles. The Bertz CT molecular complexity index is 804. The summed E-state index contributed by atoms with van der Waals surface area (Å²) in [5.41, 5.74) is 0.953. The number of hydrogen-bond acceptors (Lipinski definition) is 7. The van der Waals surface area contributed by atoms with Crippen LogP contribution in [0.1, 0.15) is 52.5 Å². The highest BCUT2D eigenvalue weighted by molar-refractivity contribution is 5.76. The molecule has 0 aliphatic carbocycles. The molecule has 3 rings (SSSR count). The number of anilines is 1. The molecule has 0 spiro atoms. The van der Waals surface area contributed by atoms with Crippen molar-refractivity contribution in [3.63, 3.8) is 0 Å². The Morgan fingerprint density at radius 3 is 2.61 bits per heavy atom. The summed E-state index contributed by atoms with van der Waals surface area (Å²) in [7, 11) is 0. The molecule has 0 radical (unpaired) electrons. The van der Waals surface area contributed by atoms with Gasteiger partial charge < -0.3 is 19.4 Å². The lowest BCUT2D eigenvalue weighted by atomic mass is 9.90. The van der Waals surface area contributed by atoms with Crippen molar-refractivity contribution in [2.24, 2.45) is 5.41 Å². The lowest BCUT2D eigenvalue weighted by molar-refractivity contribution is -0.132. The molecule has 1 N–H and O–H groups in total. The number of nitrogens with zero attached hydrogens (tertiary/aromatic N) is 5. The van der Waals surface area contributed by atoms with Crippen LogP contribution in [0.3, 0.4) is 0 Å². The molecule has 0 aromatic carbocycles. The molecule has 1 aliphatic rings. The second-order valence-corrected chi connectivity index (χ2v) is 8.46. The molecule has 1 amide bonds. The van der Waals surface area contributed by atoms with Gasteiger partial charge in [-0.25, -0.2) is 4.98 Å². The van der Waals surface area contributed by atoms with E-state index in [1.54, 1.807) is 13.1 Å². The fraction of sp³-hybridized carbons (Fsp3) is 0.600. The molecule has 2 aromatic rings. The molecule has 0 unspecified atom stereocenters. The van der Waals surface area contributed by atoms with Gasteiger partial charge >= 0.3 is 0 Å². The number of carbonyl (C=O) groups excluding carboxylic acids is 1. The van der Waals surface area contributed by atoms with Crippen LogP contribution >= 0.6 is 0 Å². The van der Waals surface area contributed by atoms with Gasteiger partial charge in [0.2, 0.25) is 11.7 Å². The molecular weight excluding hydrogens is 358 g/mol. The molecule has 152 valence electrons. The average molecular weight is 387 g/mol. The van der Waals surface area contributed by atoms with E-state index in [0.717, 1.165) is 30.9 Å². The largest absolute Gasteiger partial charge is 0.384 e. The Morgan fingerprint density at radius 2 is 2.00 bits per heavy atom. The standard InChI is InChI=1S/C20H29N5O3/c1-14(26)19-22-18(23-28-19)15-6-8-21-16(13-15)24-9-11-25(12-10-24)17(27)5-7-20(2,3)4/h6,8,13-14,26H,5,7,9-12H2,1-4H3/t14-/m0/s1. The van der Waals surface area contributed by atoms with Gasteiger partial charge in [0, 0.05) is 44.4 Å². The van der Waals surface area contributed by atoms with Gasteiger partial charge in [-0.05, 0) is 30.9 Å². The normalized spacial score (nSPS) is 16.3. The number of hydrogen-bond donors (Lipinski definition) is 1. The maximum Gasteiger partial charge on any atom is 0.255 e. The van der Waals surface area contributed by atoms with Gasteiger partial charge in [0.1, 0.15) is 11.9 Å². The maximum absolute atomic E-state index is 12.4. The van der Waals surface area contributed by atoms with Gasteiger partial charge in [0.25, 0.3) is 5.89 Å². The molecule has 3 heterocycles. The third-order valence-electron chi connectivity index (χ3n) is 4.85. The molecule has 1 aliphatic heterocycles. The van der Waals surface area contributed by atoms with Crippen molar-refractivity contribution < 1.29 is 14.4 Å². The molecule has 2 aromatic heterocycles. The average Bonchev–Trinajstić information content (AvgIpc) is 3.16. The predicted octanol–water partition coefficient (Wildman–Crippen LogP) is 2.66. The van der Waals surface area contributed by atoms with Gasteiger partial charge in [-0.15, -0.1) is 0 Å². The van der Waals surface area contributed by atoms with Crippen molar-refractivity contribution >= 4 is 11.7 Å². The quantitative estimate of drug-likeness (QED) is 0.842. The lowest BCUT2D eigenvalue weighted by Crippen LogP contribution is -2.49. The number of carbonyl (C=O) groups is 1. The van der Waals surface area contributed by atoms with Crippen molar-refractivity contribution in [1.29, 1.82) is 0 Å². The summed E-state index contributed by atoms with van der Waals surface area (Å²) in [6, 6.07) is 3.72. The minimum Gasteiger partial charge on any atom is -0.384 e.